The van der Waals surface area contributed by atoms with Gasteiger partial charge in [-0.1, -0.05) is 12.1 Å². The predicted molar refractivity (Wildman–Crippen MR) is 110 cm³/mol. The summed E-state index contributed by atoms with van der Waals surface area (Å²) in [6.45, 7) is 8.49. The number of benzene rings is 2. The van der Waals surface area contributed by atoms with E-state index >= 15 is 0 Å². The number of hydrogen-bond acceptors (Lipinski definition) is 5. The number of hydrazine groups is 1. The summed E-state index contributed by atoms with van der Waals surface area (Å²) in [5.41, 5.74) is 6.16. The molecule has 156 valence electrons. The van der Waals surface area contributed by atoms with Crippen molar-refractivity contribution in [2.75, 3.05) is 6.61 Å². The molecule has 0 spiro atoms. The number of amides is 2. The van der Waals surface area contributed by atoms with Crippen molar-refractivity contribution < 1.29 is 23.8 Å². The molecule has 0 aliphatic rings. The molecular weight excluding hydrogens is 372 g/mol. The van der Waals surface area contributed by atoms with E-state index < -0.39 is 17.9 Å². The van der Waals surface area contributed by atoms with Gasteiger partial charge in [-0.2, -0.15) is 0 Å². The third-order valence-corrected chi connectivity index (χ3v) is 3.92. The first-order valence-corrected chi connectivity index (χ1v) is 9.59. The van der Waals surface area contributed by atoms with Gasteiger partial charge in [-0.3, -0.25) is 20.4 Å². The lowest BCUT2D eigenvalue weighted by atomic mass is 10.1. The fourth-order valence-electron chi connectivity index (χ4n) is 2.35. The largest absolute Gasteiger partial charge is 0.494 e. The van der Waals surface area contributed by atoms with Crippen LogP contribution in [0.1, 0.15) is 43.6 Å². The summed E-state index contributed by atoms with van der Waals surface area (Å²) in [6.07, 6.45) is -0.649. The molecule has 0 radical (unpaired) electrons. The van der Waals surface area contributed by atoms with Crippen LogP contribution < -0.4 is 20.3 Å². The zero-order valence-electron chi connectivity index (χ0n) is 17.2. The monoisotopic (exact) mass is 400 g/mol. The third kappa shape index (κ3) is 7.46. The Morgan fingerprint density at radius 3 is 2.10 bits per heavy atom. The Balaban J connectivity index is 1.80. The first kappa shape index (κ1) is 22.2. The average molecular weight is 400 g/mol. The first-order chi connectivity index (χ1) is 13.9. The zero-order chi connectivity index (χ0) is 21.2. The molecular formula is C22H28N2O5. The molecule has 0 unspecified atom stereocenters. The highest BCUT2D eigenvalue weighted by atomic mass is 16.5. The van der Waals surface area contributed by atoms with Crippen LogP contribution in [0, 0.1) is 0 Å². The Kier molecular flexibility index (Phi) is 8.48. The van der Waals surface area contributed by atoms with Gasteiger partial charge >= 0.3 is 0 Å². The van der Waals surface area contributed by atoms with E-state index in [1.54, 1.807) is 43.3 Å². The molecule has 7 heteroatoms. The van der Waals surface area contributed by atoms with Gasteiger partial charge in [0.05, 0.1) is 19.3 Å². The summed E-state index contributed by atoms with van der Waals surface area (Å²) in [7, 11) is 0. The molecule has 0 aliphatic heterocycles. The van der Waals surface area contributed by atoms with Crippen LogP contribution in [-0.4, -0.2) is 30.6 Å². The van der Waals surface area contributed by atoms with Crippen LogP contribution in [0.2, 0.25) is 0 Å². The maximum Gasteiger partial charge on any atom is 0.279 e. The van der Waals surface area contributed by atoms with Crippen LogP contribution >= 0.6 is 0 Å². The summed E-state index contributed by atoms with van der Waals surface area (Å²) in [5, 5.41) is 0. The van der Waals surface area contributed by atoms with Gasteiger partial charge in [0.15, 0.2) is 6.10 Å². The molecule has 29 heavy (non-hydrogen) atoms. The van der Waals surface area contributed by atoms with Crippen LogP contribution in [0.3, 0.4) is 0 Å². The fourth-order valence-corrected chi connectivity index (χ4v) is 2.35. The molecule has 2 amide bonds. The highest BCUT2D eigenvalue weighted by Crippen LogP contribution is 2.18. The van der Waals surface area contributed by atoms with Gasteiger partial charge in [-0.05, 0) is 69.7 Å². The van der Waals surface area contributed by atoms with Crippen LogP contribution in [-0.2, 0) is 16.1 Å². The minimum atomic E-state index is -0.788. The van der Waals surface area contributed by atoms with E-state index in [0.717, 1.165) is 11.3 Å². The number of hydrogen-bond donors (Lipinski definition) is 2. The minimum absolute atomic E-state index is 0.139. The van der Waals surface area contributed by atoms with E-state index in [1.807, 2.05) is 32.9 Å². The summed E-state index contributed by atoms with van der Waals surface area (Å²) >= 11 is 0. The Morgan fingerprint density at radius 2 is 1.52 bits per heavy atom. The Bertz CT molecular complexity index is 788. The van der Waals surface area contributed by atoms with Gasteiger partial charge in [-0.15, -0.1) is 0 Å². The molecule has 0 bridgehead atoms. The van der Waals surface area contributed by atoms with Crippen molar-refractivity contribution in [3.05, 3.63) is 59.7 Å². The third-order valence-electron chi connectivity index (χ3n) is 3.92. The Hall–Kier alpha value is -3.06. The highest BCUT2D eigenvalue weighted by molar-refractivity contribution is 5.95. The van der Waals surface area contributed by atoms with E-state index in [1.165, 1.54) is 0 Å². The van der Waals surface area contributed by atoms with Crippen molar-refractivity contribution in [2.24, 2.45) is 0 Å². The fraction of sp³-hybridized carbons (Fsp3) is 0.364. The van der Waals surface area contributed by atoms with Gasteiger partial charge in [0.25, 0.3) is 11.8 Å². The Labute approximate surface area is 171 Å². The molecule has 2 aromatic rings. The quantitative estimate of drug-likeness (QED) is 0.631. The molecule has 7 nitrogen and oxygen atoms in total. The van der Waals surface area contributed by atoms with E-state index in [-0.39, 0.29) is 6.10 Å². The van der Waals surface area contributed by atoms with Crippen molar-refractivity contribution in [3.63, 3.8) is 0 Å². The second-order valence-electron chi connectivity index (χ2n) is 6.66. The second-order valence-corrected chi connectivity index (χ2v) is 6.66. The first-order valence-electron chi connectivity index (χ1n) is 9.59. The lowest BCUT2D eigenvalue weighted by molar-refractivity contribution is -0.128. The lowest BCUT2D eigenvalue weighted by Gasteiger charge is -2.15. The molecule has 0 aliphatic carbocycles. The smallest absolute Gasteiger partial charge is 0.279 e. The number of nitrogens with one attached hydrogen (secondary N) is 2. The van der Waals surface area contributed by atoms with Crippen molar-refractivity contribution in [1.82, 2.24) is 10.9 Å². The molecule has 1 atom stereocenters. The summed E-state index contributed by atoms with van der Waals surface area (Å²) in [6, 6.07) is 14.0. The normalized spacial score (nSPS) is 11.6. The van der Waals surface area contributed by atoms with E-state index in [0.29, 0.717) is 24.5 Å². The Morgan fingerprint density at radius 1 is 0.897 bits per heavy atom. The highest BCUT2D eigenvalue weighted by Gasteiger charge is 2.16. The maximum atomic E-state index is 12.2. The maximum absolute atomic E-state index is 12.2. The van der Waals surface area contributed by atoms with Crippen LogP contribution in [0.25, 0.3) is 0 Å². The summed E-state index contributed by atoms with van der Waals surface area (Å²) in [4.78, 5) is 24.4. The second kappa shape index (κ2) is 11.1. The van der Waals surface area contributed by atoms with Gasteiger partial charge in [-0.25, -0.2) is 0 Å². The van der Waals surface area contributed by atoms with Crippen molar-refractivity contribution in [1.29, 1.82) is 0 Å². The van der Waals surface area contributed by atoms with E-state index in [4.69, 9.17) is 14.2 Å². The number of rotatable bonds is 9. The molecule has 0 heterocycles. The van der Waals surface area contributed by atoms with E-state index in [2.05, 4.69) is 10.9 Å². The van der Waals surface area contributed by atoms with E-state index in [9.17, 15) is 9.59 Å². The molecule has 2 N–H and O–H groups in total. The molecule has 2 aromatic carbocycles. The minimum Gasteiger partial charge on any atom is -0.494 e. The van der Waals surface area contributed by atoms with Gasteiger partial charge in [0.2, 0.25) is 0 Å². The van der Waals surface area contributed by atoms with Gasteiger partial charge < -0.3 is 14.2 Å². The molecule has 0 aromatic heterocycles. The van der Waals surface area contributed by atoms with Crippen molar-refractivity contribution in [3.8, 4) is 11.5 Å². The summed E-state index contributed by atoms with van der Waals surface area (Å²) in [5.74, 6) is 0.379. The molecule has 2 rings (SSSR count). The molecule has 0 fully saturated rings. The summed E-state index contributed by atoms with van der Waals surface area (Å²) < 4.78 is 16.5. The molecule has 0 saturated heterocycles. The van der Waals surface area contributed by atoms with Crippen LogP contribution in [0.15, 0.2) is 48.5 Å². The van der Waals surface area contributed by atoms with Gasteiger partial charge in [0, 0.05) is 5.56 Å². The van der Waals surface area contributed by atoms with Crippen molar-refractivity contribution in [2.45, 2.75) is 46.5 Å². The molecule has 0 saturated carbocycles. The zero-order valence-corrected chi connectivity index (χ0v) is 17.2. The van der Waals surface area contributed by atoms with Crippen LogP contribution in [0.4, 0.5) is 0 Å². The number of carbonyl (C=O) groups is 2. The van der Waals surface area contributed by atoms with Gasteiger partial charge in [0.1, 0.15) is 11.5 Å². The average Bonchev–Trinajstić information content (AvgIpc) is 2.72. The van der Waals surface area contributed by atoms with Crippen molar-refractivity contribution >= 4 is 11.8 Å². The van der Waals surface area contributed by atoms with Crippen LogP contribution in [0.5, 0.6) is 11.5 Å². The number of ether oxygens (including phenoxy) is 3. The SMILES string of the molecule is CCOc1ccc(O[C@H](C)C(=O)NNC(=O)c2ccc(COC(C)C)cc2)cc1. The standard InChI is InChI=1S/C22H28N2O5/c1-5-27-19-10-12-20(13-11-19)29-16(4)21(25)23-24-22(26)18-8-6-17(7-9-18)14-28-15(2)3/h6-13,15-16H,5,14H2,1-4H3,(H,23,25)(H,24,26)/t16-/m1/s1. The lowest BCUT2D eigenvalue weighted by Crippen LogP contribution is -2.47. The topological polar surface area (TPSA) is 85.9 Å². The predicted octanol–water partition coefficient (Wildman–Crippen LogP) is 3.24. The number of carbonyl (C=O) groups excluding carboxylic acids is 2.